The Morgan fingerprint density at radius 2 is 1.82 bits per heavy atom. The van der Waals surface area contributed by atoms with Crippen molar-refractivity contribution >= 4 is 29.1 Å². The van der Waals surface area contributed by atoms with Gasteiger partial charge in [0, 0.05) is 11.5 Å². The number of hydrogen-bond donors (Lipinski definition) is 7. The third-order valence-corrected chi connectivity index (χ3v) is 7.86. The molecule has 0 fully saturated rings. The van der Waals surface area contributed by atoms with E-state index in [-0.39, 0.29) is 24.4 Å². The smallest absolute Gasteiger partial charge is 0.325 e. The molecule has 39 heavy (non-hydrogen) atoms. The van der Waals surface area contributed by atoms with Crippen LogP contribution in [-0.2, 0) is 19.1 Å². The van der Waals surface area contributed by atoms with Gasteiger partial charge in [0.1, 0.15) is 29.4 Å². The van der Waals surface area contributed by atoms with Crippen LogP contribution in [0.2, 0.25) is 0 Å². The maximum absolute atomic E-state index is 13.8. The summed E-state index contributed by atoms with van der Waals surface area (Å²) in [6.07, 6.45) is -1.68. The molecule has 0 spiro atoms. The first-order valence-electron chi connectivity index (χ1n) is 12.3. The van der Waals surface area contributed by atoms with Gasteiger partial charge in [-0.25, -0.2) is 0 Å². The number of primary amides is 1. The Kier molecular flexibility index (Phi) is 6.96. The van der Waals surface area contributed by atoms with Crippen LogP contribution >= 0.6 is 0 Å². The molecule has 1 aromatic rings. The second-order valence-corrected chi connectivity index (χ2v) is 10.1. The summed E-state index contributed by atoms with van der Waals surface area (Å²) in [6, 6.07) is 1.63. The molecule has 3 aliphatic rings. The molecule has 8 N–H and O–H groups in total. The molecule has 13 heteroatoms. The van der Waals surface area contributed by atoms with E-state index in [1.807, 2.05) is 0 Å². The molecule has 0 aromatic heterocycles. The number of hydrogen-bond acceptors (Lipinski definition) is 12. The van der Waals surface area contributed by atoms with E-state index in [1.54, 1.807) is 13.8 Å². The second kappa shape index (κ2) is 9.67. The number of nitrogens with two attached hydrogens (primary N) is 1. The quantitative estimate of drug-likeness (QED) is 0.138. The van der Waals surface area contributed by atoms with E-state index < -0.39 is 87.4 Å². The van der Waals surface area contributed by atoms with E-state index in [1.165, 1.54) is 31.1 Å². The fraction of sp³-hybridized carbons (Fsp3) is 0.462. The predicted molar refractivity (Wildman–Crippen MR) is 135 cm³/mol. The van der Waals surface area contributed by atoms with Gasteiger partial charge in [-0.2, -0.15) is 0 Å². The number of phenolic OH excluding ortho intramolecular Hbond substituents is 1. The highest BCUT2D eigenvalue weighted by molar-refractivity contribution is 6.25. The highest BCUT2D eigenvalue weighted by atomic mass is 16.5. The fourth-order valence-corrected chi connectivity index (χ4v) is 6.14. The summed E-state index contributed by atoms with van der Waals surface area (Å²) in [4.78, 5) is 52.4. The monoisotopic (exact) mass is 545 g/mol. The van der Waals surface area contributed by atoms with Crippen LogP contribution in [0.4, 0.5) is 5.69 Å². The topological polar surface area (TPSA) is 220 Å². The molecule has 0 aliphatic heterocycles. The molecule has 4 rings (SSSR count). The first kappa shape index (κ1) is 28.1. The number of fused-ring (bicyclic) bond motifs is 3. The Bertz CT molecular complexity index is 1350. The van der Waals surface area contributed by atoms with Crippen LogP contribution in [0, 0.1) is 11.8 Å². The van der Waals surface area contributed by atoms with Gasteiger partial charge in [-0.15, -0.1) is 0 Å². The Morgan fingerprint density at radius 3 is 2.38 bits per heavy atom. The number of aromatic hydroxyl groups is 1. The number of carbonyl (C=O) groups is 4. The van der Waals surface area contributed by atoms with Crippen molar-refractivity contribution < 1.29 is 49.4 Å². The van der Waals surface area contributed by atoms with Crippen molar-refractivity contribution in [3.05, 3.63) is 45.9 Å². The van der Waals surface area contributed by atoms with Gasteiger partial charge in [-0.1, -0.05) is 13.0 Å². The van der Waals surface area contributed by atoms with Crippen LogP contribution in [0.15, 0.2) is 34.8 Å². The number of carbonyl (C=O) groups excluding carboxylic acids is 4. The van der Waals surface area contributed by atoms with Gasteiger partial charge < -0.3 is 41.3 Å². The highest BCUT2D eigenvalue weighted by Crippen LogP contribution is 2.55. The number of likely N-dealkylation sites (N-methyl/N-ethyl adjacent to an activating group) is 1. The molecule has 210 valence electrons. The molecule has 13 nitrogen and oxygen atoms in total. The first-order valence-corrected chi connectivity index (χ1v) is 12.3. The highest BCUT2D eigenvalue weighted by Gasteiger charge is 2.67. The van der Waals surface area contributed by atoms with E-state index in [0.29, 0.717) is 5.56 Å². The van der Waals surface area contributed by atoms with Gasteiger partial charge in [-0.3, -0.25) is 24.1 Å². The van der Waals surface area contributed by atoms with E-state index in [2.05, 4.69) is 5.32 Å². The molecular weight excluding hydrogens is 514 g/mol. The van der Waals surface area contributed by atoms with Gasteiger partial charge in [0.25, 0.3) is 5.91 Å². The van der Waals surface area contributed by atoms with Gasteiger partial charge in [0.15, 0.2) is 11.4 Å². The lowest BCUT2D eigenvalue weighted by molar-refractivity contribution is -0.162. The number of rotatable bonds is 6. The van der Waals surface area contributed by atoms with Gasteiger partial charge in [-0.05, 0) is 38.6 Å². The number of benzene rings is 1. The van der Waals surface area contributed by atoms with Crippen LogP contribution in [0.5, 0.6) is 5.75 Å². The van der Waals surface area contributed by atoms with Crippen LogP contribution in [-0.4, -0.2) is 98.9 Å². The zero-order valence-corrected chi connectivity index (χ0v) is 21.8. The number of aliphatic hydroxyl groups is 4. The van der Waals surface area contributed by atoms with E-state index in [4.69, 9.17) is 10.5 Å². The minimum absolute atomic E-state index is 0.0131. The zero-order chi connectivity index (χ0) is 29.1. The minimum atomic E-state index is -2.99. The molecule has 3 aliphatic carbocycles. The summed E-state index contributed by atoms with van der Waals surface area (Å²) in [5.74, 6) is -10.3. The Labute approximate surface area is 223 Å². The predicted octanol–water partition coefficient (Wildman–Crippen LogP) is -0.373. The standard InChI is InChI=1S/C26H31N3O10/c1-5-39-12(30)8-28-11-7-6-10-9(2)13-15(20(32)14(10)19(11)31)23(35)26(38)17(21(13)33)18(29(3)4)22(34)16(24(26)36)25(27)37/h6-7,9,13,17-18,21,28,31,33-35,38H,5,8H2,1-4H3,(H2,27,37)/t9-,13-,17-,18-,21+,26+/m1/s1. The number of esters is 1. The number of nitrogens with zero attached hydrogens (tertiary/aromatic N) is 1. The van der Waals surface area contributed by atoms with Crippen LogP contribution in [0.25, 0.3) is 0 Å². The SMILES string of the molecule is CCOC(=O)CNc1ccc2c(c1O)C(=O)C1=C(O)[C@]3(O)C(=O)C(C(N)=O)=C(O)[C@H](N(C)C)[C@@H]3[C@@H](O)[C@@H]1[C@@H]2C. The number of aliphatic hydroxyl groups excluding tert-OH is 3. The molecule has 1 amide bonds. The summed E-state index contributed by atoms with van der Waals surface area (Å²) in [6.45, 7) is 3.09. The van der Waals surface area contributed by atoms with Crippen molar-refractivity contribution in [1.82, 2.24) is 4.90 Å². The first-order chi connectivity index (χ1) is 18.2. The molecule has 6 atom stereocenters. The normalized spacial score (nSPS) is 30.1. The lowest BCUT2D eigenvalue weighted by Gasteiger charge is -2.53. The maximum atomic E-state index is 13.8. The third-order valence-electron chi connectivity index (χ3n) is 7.86. The van der Waals surface area contributed by atoms with Crippen molar-refractivity contribution in [3.63, 3.8) is 0 Å². The van der Waals surface area contributed by atoms with Gasteiger partial charge in [0.2, 0.25) is 5.78 Å². The van der Waals surface area contributed by atoms with E-state index >= 15 is 0 Å². The molecule has 0 saturated carbocycles. The van der Waals surface area contributed by atoms with Crippen molar-refractivity contribution in [2.45, 2.75) is 37.5 Å². The largest absolute Gasteiger partial charge is 0.510 e. The number of anilines is 1. The zero-order valence-electron chi connectivity index (χ0n) is 21.8. The Morgan fingerprint density at radius 1 is 1.18 bits per heavy atom. The summed E-state index contributed by atoms with van der Waals surface area (Å²) >= 11 is 0. The molecule has 0 radical (unpaired) electrons. The number of ether oxygens (including phenoxy) is 1. The minimum Gasteiger partial charge on any atom is -0.510 e. The molecule has 0 bridgehead atoms. The Balaban J connectivity index is 1.91. The van der Waals surface area contributed by atoms with Crippen LogP contribution in [0.1, 0.15) is 35.7 Å². The molecule has 1 aromatic carbocycles. The fourth-order valence-electron chi connectivity index (χ4n) is 6.14. The van der Waals surface area contributed by atoms with Gasteiger partial charge in [0.05, 0.1) is 35.9 Å². The molecule has 0 saturated heterocycles. The average Bonchev–Trinajstić information content (AvgIpc) is 2.85. The second-order valence-electron chi connectivity index (χ2n) is 10.1. The molecular formula is C26H31N3O10. The van der Waals surface area contributed by atoms with Crippen molar-refractivity contribution in [2.24, 2.45) is 17.6 Å². The van der Waals surface area contributed by atoms with Crippen molar-refractivity contribution in [3.8, 4) is 5.75 Å². The van der Waals surface area contributed by atoms with E-state index in [0.717, 1.165) is 0 Å². The third kappa shape index (κ3) is 3.87. The molecule has 0 heterocycles. The van der Waals surface area contributed by atoms with Crippen LogP contribution in [0.3, 0.4) is 0 Å². The number of Topliss-reactive ketones (excluding diaryl/α,β-unsaturated/α-hetero) is 2. The number of phenols is 1. The number of ketones is 2. The summed E-state index contributed by atoms with van der Waals surface area (Å²) in [7, 11) is 2.93. The number of amides is 1. The van der Waals surface area contributed by atoms with Gasteiger partial charge >= 0.3 is 5.97 Å². The summed E-state index contributed by atoms with van der Waals surface area (Å²) in [5.41, 5.74) is 0.910. The van der Waals surface area contributed by atoms with Crippen molar-refractivity contribution in [2.75, 3.05) is 32.6 Å². The molecule has 0 unspecified atom stereocenters. The summed E-state index contributed by atoms with van der Waals surface area (Å²) in [5, 5.41) is 59.1. The average molecular weight is 546 g/mol. The van der Waals surface area contributed by atoms with E-state index in [9.17, 15) is 44.7 Å². The summed E-state index contributed by atoms with van der Waals surface area (Å²) < 4.78 is 4.84. The Hall–Kier alpha value is -3.94. The maximum Gasteiger partial charge on any atom is 0.325 e. The number of nitrogens with one attached hydrogen (secondary N) is 1. The van der Waals surface area contributed by atoms with Crippen LogP contribution < -0.4 is 11.1 Å². The lowest BCUT2D eigenvalue weighted by atomic mass is 9.55. The lowest BCUT2D eigenvalue weighted by Crippen LogP contribution is -2.68. The van der Waals surface area contributed by atoms with Crippen molar-refractivity contribution in [1.29, 1.82) is 0 Å².